The van der Waals surface area contributed by atoms with Gasteiger partial charge in [-0.25, -0.2) is 0 Å². The van der Waals surface area contributed by atoms with E-state index in [0.717, 1.165) is 17.5 Å². The zero-order valence-corrected chi connectivity index (χ0v) is 10.9. The van der Waals surface area contributed by atoms with E-state index >= 15 is 0 Å². The molecule has 1 nitrogen and oxygen atoms in total. The van der Waals surface area contributed by atoms with Crippen molar-refractivity contribution >= 4 is 5.78 Å². The predicted molar refractivity (Wildman–Crippen MR) is 75.0 cm³/mol. The van der Waals surface area contributed by atoms with Crippen molar-refractivity contribution in [2.24, 2.45) is 0 Å². The molecule has 0 unspecified atom stereocenters. The second kappa shape index (κ2) is 5.63. The van der Waals surface area contributed by atoms with Crippen LogP contribution in [0.2, 0.25) is 0 Å². The molecule has 0 saturated carbocycles. The van der Waals surface area contributed by atoms with Gasteiger partial charge < -0.3 is 0 Å². The number of hydrogen-bond donors (Lipinski definition) is 0. The Morgan fingerprint density at radius 1 is 1.00 bits per heavy atom. The highest BCUT2D eigenvalue weighted by molar-refractivity contribution is 5.97. The molecule has 0 aromatic heterocycles. The van der Waals surface area contributed by atoms with Gasteiger partial charge in [0.05, 0.1) is 0 Å². The van der Waals surface area contributed by atoms with Crippen molar-refractivity contribution in [1.82, 2.24) is 0 Å². The Balaban J connectivity index is 2.11. The Morgan fingerprint density at radius 2 is 1.72 bits per heavy atom. The average Bonchev–Trinajstić information content (AvgIpc) is 2.39. The van der Waals surface area contributed by atoms with E-state index in [4.69, 9.17) is 0 Å². The molecule has 0 radical (unpaired) electrons. The van der Waals surface area contributed by atoms with Crippen LogP contribution in [0.4, 0.5) is 0 Å². The monoisotopic (exact) mass is 238 g/mol. The molecule has 0 fully saturated rings. The molecular formula is C17H18O. The second-order valence-corrected chi connectivity index (χ2v) is 4.64. The van der Waals surface area contributed by atoms with E-state index < -0.39 is 0 Å². The van der Waals surface area contributed by atoms with Gasteiger partial charge in [-0.2, -0.15) is 0 Å². The van der Waals surface area contributed by atoms with Gasteiger partial charge in [-0.3, -0.25) is 4.79 Å². The second-order valence-electron chi connectivity index (χ2n) is 4.64. The highest BCUT2D eigenvalue weighted by atomic mass is 16.1. The third-order valence-electron chi connectivity index (χ3n) is 3.13. The summed E-state index contributed by atoms with van der Waals surface area (Å²) in [5, 5.41) is 0. The Hall–Kier alpha value is -1.89. The maximum atomic E-state index is 12.1. The first-order chi connectivity index (χ1) is 8.69. The molecular weight excluding hydrogens is 220 g/mol. The standard InChI is InChI=1S/C17H18O/c1-3-14-7-9-16(10-8-14)17(18)12-15-6-4-5-13(2)11-15/h4-11H,3,12H2,1-2H3. The summed E-state index contributed by atoms with van der Waals surface area (Å²) in [7, 11) is 0. The summed E-state index contributed by atoms with van der Waals surface area (Å²) in [6.45, 7) is 4.16. The lowest BCUT2D eigenvalue weighted by Gasteiger charge is -2.04. The van der Waals surface area contributed by atoms with Gasteiger partial charge >= 0.3 is 0 Å². The minimum absolute atomic E-state index is 0.184. The summed E-state index contributed by atoms with van der Waals surface area (Å²) in [5.41, 5.74) is 4.34. The number of ketones is 1. The fraction of sp³-hybridized carbons (Fsp3) is 0.235. The summed E-state index contributed by atoms with van der Waals surface area (Å²) in [6.07, 6.45) is 1.49. The van der Waals surface area contributed by atoms with Crippen LogP contribution in [0.1, 0.15) is 34.0 Å². The third-order valence-corrected chi connectivity index (χ3v) is 3.13. The molecule has 0 bridgehead atoms. The molecule has 0 N–H and O–H groups in total. The maximum Gasteiger partial charge on any atom is 0.167 e. The number of Topliss-reactive ketones (excluding diaryl/α,β-unsaturated/α-hetero) is 1. The van der Waals surface area contributed by atoms with E-state index in [1.165, 1.54) is 11.1 Å². The summed E-state index contributed by atoms with van der Waals surface area (Å²) in [5.74, 6) is 0.184. The molecule has 2 aromatic carbocycles. The molecule has 0 amide bonds. The van der Waals surface area contributed by atoms with Crippen LogP contribution in [0, 0.1) is 6.92 Å². The number of benzene rings is 2. The summed E-state index contributed by atoms with van der Waals surface area (Å²) < 4.78 is 0. The van der Waals surface area contributed by atoms with Crippen molar-refractivity contribution in [1.29, 1.82) is 0 Å². The van der Waals surface area contributed by atoms with Crippen LogP contribution < -0.4 is 0 Å². The highest BCUT2D eigenvalue weighted by Gasteiger charge is 2.06. The predicted octanol–water partition coefficient (Wildman–Crippen LogP) is 3.98. The van der Waals surface area contributed by atoms with E-state index in [9.17, 15) is 4.79 Å². The fourth-order valence-electron chi connectivity index (χ4n) is 2.04. The van der Waals surface area contributed by atoms with E-state index in [1.54, 1.807) is 0 Å². The Morgan fingerprint density at radius 3 is 2.33 bits per heavy atom. The van der Waals surface area contributed by atoms with Crippen LogP contribution in [0.3, 0.4) is 0 Å². The van der Waals surface area contributed by atoms with Gasteiger partial charge in [0, 0.05) is 12.0 Å². The zero-order chi connectivity index (χ0) is 13.0. The number of carbonyl (C=O) groups is 1. The quantitative estimate of drug-likeness (QED) is 0.736. The van der Waals surface area contributed by atoms with Crippen molar-refractivity contribution in [2.45, 2.75) is 26.7 Å². The molecule has 0 saturated heterocycles. The average molecular weight is 238 g/mol. The molecule has 2 aromatic rings. The minimum atomic E-state index is 0.184. The summed E-state index contributed by atoms with van der Waals surface area (Å²) in [4.78, 5) is 12.1. The summed E-state index contributed by atoms with van der Waals surface area (Å²) >= 11 is 0. The third kappa shape index (κ3) is 3.07. The van der Waals surface area contributed by atoms with Crippen LogP contribution in [0.15, 0.2) is 48.5 Å². The van der Waals surface area contributed by atoms with Crippen LogP contribution in [-0.4, -0.2) is 5.78 Å². The number of aryl methyl sites for hydroxylation is 2. The Kier molecular flexibility index (Phi) is 3.93. The van der Waals surface area contributed by atoms with Crippen molar-refractivity contribution < 1.29 is 4.79 Å². The molecule has 0 aliphatic carbocycles. The van der Waals surface area contributed by atoms with Gasteiger partial charge in [0.25, 0.3) is 0 Å². The van der Waals surface area contributed by atoms with E-state index in [2.05, 4.69) is 13.0 Å². The van der Waals surface area contributed by atoms with Crippen molar-refractivity contribution in [3.63, 3.8) is 0 Å². The topological polar surface area (TPSA) is 17.1 Å². The lowest BCUT2D eigenvalue weighted by atomic mass is 10.0. The molecule has 0 heterocycles. The minimum Gasteiger partial charge on any atom is -0.294 e. The molecule has 1 heteroatoms. The van der Waals surface area contributed by atoms with Crippen LogP contribution in [0.25, 0.3) is 0 Å². The molecule has 0 aliphatic heterocycles. The molecule has 92 valence electrons. The largest absolute Gasteiger partial charge is 0.294 e. The zero-order valence-electron chi connectivity index (χ0n) is 10.9. The number of carbonyl (C=O) groups excluding carboxylic acids is 1. The van der Waals surface area contributed by atoms with Crippen LogP contribution in [0.5, 0.6) is 0 Å². The lowest BCUT2D eigenvalue weighted by molar-refractivity contribution is 0.0993. The van der Waals surface area contributed by atoms with Gasteiger partial charge in [-0.15, -0.1) is 0 Å². The summed E-state index contributed by atoms with van der Waals surface area (Å²) in [6, 6.07) is 16.0. The van der Waals surface area contributed by atoms with Crippen LogP contribution >= 0.6 is 0 Å². The van der Waals surface area contributed by atoms with Gasteiger partial charge in [-0.05, 0) is 24.5 Å². The fourth-order valence-corrected chi connectivity index (χ4v) is 2.04. The van der Waals surface area contributed by atoms with Gasteiger partial charge in [-0.1, -0.05) is 61.0 Å². The molecule has 18 heavy (non-hydrogen) atoms. The highest BCUT2D eigenvalue weighted by Crippen LogP contribution is 2.11. The number of rotatable bonds is 4. The van der Waals surface area contributed by atoms with E-state index in [0.29, 0.717) is 6.42 Å². The Labute approximate surface area is 108 Å². The van der Waals surface area contributed by atoms with Crippen molar-refractivity contribution in [3.05, 3.63) is 70.8 Å². The maximum absolute atomic E-state index is 12.1. The molecule has 0 spiro atoms. The first kappa shape index (κ1) is 12.6. The SMILES string of the molecule is CCc1ccc(C(=O)Cc2cccc(C)c2)cc1. The van der Waals surface area contributed by atoms with Crippen LogP contribution in [-0.2, 0) is 12.8 Å². The Bertz CT molecular complexity index is 538. The van der Waals surface area contributed by atoms with Gasteiger partial charge in [0.2, 0.25) is 0 Å². The molecule has 0 atom stereocenters. The van der Waals surface area contributed by atoms with Gasteiger partial charge in [0.1, 0.15) is 0 Å². The molecule has 2 rings (SSSR count). The number of hydrogen-bond acceptors (Lipinski definition) is 1. The van der Waals surface area contributed by atoms with Crippen molar-refractivity contribution in [3.8, 4) is 0 Å². The lowest BCUT2D eigenvalue weighted by Crippen LogP contribution is -2.03. The van der Waals surface area contributed by atoms with Crippen molar-refractivity contribution in [2.75, 3.05) is 0 Å². The first-order valence-corrected chi connectivity index (χ1v) is 6.36. The van der Waals surface area contributed by atoms with E-state index in [1.807, 2.05) is 49.4 Å². The normalized spacial score (nSPS) is 10.3. The smallest absolute Gasteiger partial charge is 0.167 e. The molecule has 0 aliphatic rings. The van der Waals surface area contributed by atoms with E-state index in [-0.39, 0.29) is 5.78 Å². The first-order valence-electron chi connectivity index (χ1n) is 6.36. The van der Waals surface area contributed by atoms with Gasteiger partial charge in [0.15, 0.2) is 5.78 Å².